The highest BCUT2D eigenvalue weighted by atomic mass is 16.7. The van der Waals surface area contributed by atoms with Gasteiger partial charge in [0.2, 0.25) is 5.91 Å². The Balaban J connectivity index is 1.75. The number of amides is 1. The van der Waals surface area contributed by atoms with Crippen LogP contribution in [0.2, 0.25) is 0 Å². The van der Waals surface area contributed by atoms with Gasteiger partial charge in [0.05, 0.1) is 6.54 Å². The largest absolute Gasteiger partial charge is 0.508 e. The summed E-state index contributed by atoms with van der Waals surface area (Å²) >= 11 is 0. The number of likely N-dealkylation sites (N-methyl/N-ethyl adjacent to an activating group) is 2. The maximum absolute atomic E-state index is 13.6. The van der Waals surface area contributed by atoms with E-state index < -0.39 is 102 Å². The Hall–Kier alpha value is -3.20. The fourth-order valence-electron chi connectivity index (χ4n) is 5.08. The smallest absolute Gasteiger partial charge is 0.356 e. The lowest BCUT2D eigenvalue weighted by Crippen LogP contribution is -2.59. The average Bonchev–Trinajstić information content (AvgIpc) is 3.29. The Morgan fingerprint density at radius 1 is 1.12 bits per heavy atom. The summed E-state index contributed by atoms with van der Waals surface area (Å²) in [6, 6.07) is -0.575. The molecule has 0 spiro atoms. The number of aliphatic hydroxyl groups excluding tert-OH is 5. The van der Waals surface area contributed by atoms with Crippen LogP contribution in [0.1, 0.15) is 6.23 Å². The van der Waals surface area contributed by atoms with Gasteiger partial charge in [-0.3, -0.25) is 24.0 Å². The van der Waals surface area contributed by atoms with Gasteiger partial charge in [-0.05, 0) is 7.05 Å². The highest BCUT2D eigenvalue weighted by Gasteiger charge is 2.55. The van der Waals surface area contributed by atoms with E-state index in [0.29, 0.717) is 4.90 Å². The molecule has 1 aromatic rings. The molecular formula is C22H31N5O13. The molecule has 3 aliphatic heterocycles. The zero-order valence-corrected chi connectivity index (χ0v) is 21.3. The van der Waals surface area contributed by atoms with Gasteiger partial charge in [-0.15, -0.1) is 0 Å². The zero-order chi connectivity index (χ0) is 29.6. The summed E-state index contributed by atoms with van der Waals surface area (Å²) in [5, 5.41) is 62.6. The van der Waals surface area contributed by atoms with Gasteiger partial charge in [0.25, 0.3) is 5.56 Å². The Morgan fingerprint density at radius 3 is 2.38 bits per heavy atom. The maximum Gasteiger partial charge on any atom is 0.356 e. The topological polar surface area (TPSA) is 271 Å². The Kier molecular flexibility index (Phi) is 8.45. The summed E-state index contributed by atoms with van der Waals surface area (Å²) < 4.78 is 18.0. The summed E-state index contributed by atoms with van der Waals surface area (Å²) in [7, 11) is 2.42. The highest BCUT2D eigenvalue weighted by molar-refractivity contribution is 5.95. The van der Waals surface area contributed by atoms with Crippen LogP contribution in [0.25, 0.3) is 0 Å². The van der Waals surface area contributed by atoms with Gasteiger partial charge in [-0.2, -0.15) is 0 Å². The van der Waals surface area contributed by atoms with E-state index in [1.54, 1.807) is 0 Å². The molecular weight excluding hydrogens is 542 g/mol. The summed E-state index contributed by atoms with van der Waals surface area (Å²) in [4.78, 5) is 53.1. The number of H-pyrrole nitrogens is 1. The highest BCUT2D eigenvalue weighted by Crippen LogP contribution is 2.36. The minimum absolute atomic E-state index is 0.216. The number of aliphatic hydroxyl groups is 5. The monoisotopic (exact) mass is 573 g/mol. The van der Waals surface area contributed by atoms with Crippen molar-refractivity contribution in [2.24, 2.45) is 5.73 Å². The molecule has 2 fully saturated rings. The molecule has 0 bridgehead atoms. The molecule has 0 radical (unpaired) electrons. The van der Waals surface area contributed by atoms with E-state index in [9.17, 15) is 49.8 Å². The molecule has 4 heterocycles. The number of carbonyl (C=O) groups is 2. The lowest BCUT2D eigenvalue weighted by molar-refractivity contribution is -0.233. The second-order valence-electron chi connectivity index (χ2n) is 9.71. The number of carbonyl (C=O) groups excluding carboxylic acids is 1. The Bertz CT molecular complexity index is 1280. The number of rotatable bonds is 7. The number of carboxylic acids is 1. The molecule has 222 valence electrons. The number of aromatic amines is 1. The third-order valence-corrected chi connectivity index (χ3v) is 7.15. The predicted molar refractivity (Wildman–Crippen MR) is 128 cm³/mol. The average molecular weight is 574 g/mol. The fraction of sp³-hybridized carbons (Fsp3) is 0.636. The molecule has 18 nitrogen and oxygen atoms in total. The molecule has 0 aromatic carbocycles. The van der Waals surface area contributed by atoms with Crippen LogP contribution >= 0.6 is 0 Å². The van der Waals surface area contributed by atoms with Gasteiger partial charge in [-0.25, -0.2) is 9.59 Å². The number of nitrogens with one attached hydrogen (secondary N) is 1. The molecule has 4 rings (SSSR count). The molecule has 40 heavy (non-hydrogen) atoms. The van der Waals surface area contributed by atoms with Gasteiger partial charge < -0.3 is 55.5 Å². The molecule has 18 heteroatoms. The molecule has 2 saturated heterocycles. The third kappa shape index (κ3) is 5.16. The van der Waals surface area contributed by atoms with Crippen molar-refractivity contribution in [1.82, 2.24) is 19.4 Å². The quantitative estimate of drug-likeness (QED) is 0.151. The maximum atomic E-state index is 13.6. The van der Waals surface area contributed by atoms with Gasteiger partial charge >= 0.3 is 11.7 Å². The number of nitrogens with zero attached hydrogens (tertiary/aromatic N) is 3. The van der Waals surface area contributed by atoms with E-state index in [1.807, 2.05) is 4.98 Å². The molecule has 9 N–H and O–H groups in total. The lowest BCUT2D eigenvalue weighted by Gasteiger charge is -2.38. The second kappa shape index (κ2) is 11.4. The predicted octanol–water partition coefficient (Wildman–Crippen LogP) is -5.43. The zero-order valence-electron chi connectivity index (χ0n) is 21.3. The van der Waals surface area contributed by atoms with Crippen LogP contribution in [-0.2, 0) is 23.8 Å². The second-order valence-corrected chi connectivity index (χ2v) is 9.71. The number of aliphatic carboxylic acids is 1. The Morgan fingerprint density at radius 2 is 1.80 bits per heavy atom. The normalized spacial score (nSPS) is 36.2. The first-order valence-corrected chi connectivity index (χ1v) is 12.1. The van der Waals surface area contributed by atoms with Gasteiger partial charge in [0, 0.05) is 25.9 Å². The van der Waals surface area contributed by atoms with Crippen molar-refractivity contribution in [2.75, 3.05) is 27.2 Å². The van der Waals surface area contributed by atoms with Crippen molar-refractivity contribution in [3.8, 4) is 0 Å². The molecule has 1 aromatic heterocycles. The number of hydrogen-bond acceptors (Lipinski definition) is 14. The van der Waals surface area contributed by atoms with E-state index in [-0.39, 0.29) is 6.54 Å². The molecule has 0 saturated carbocycles. The lowest BCUT2D eigenvalue weighted by atomic mass is 9.97. The standard InChI is InChI=1S/C22H31N5O13/c1-25-6-7(28)10(20(35)36)26(2)18(34)11(25)16(40-21-15(33)12(30)8(5-23)38-21)17-13(31)14(32)19(39-17)27-4-3-9(29)24-22(27)37/h3-4,8,11-17,19,21,28,30-33H,5-6,23H2,1-2H3,(H,35,36)(H,24,29,37)/t8?,11?,12?,13?,14?,15?,16-,17?,19?,21?/m0/s1. The minimum Gasteiger partial charge on any atom is -0.508 e. The van der Waals surface area contributed by atoms with Crippen LogP contribution < -0.4 is 17.0 Å². The number of hydrogen-bond donors (Lipinski definition) is 8. The van der Waals surface area contributed by atoms with Crippen molar-refractivity contribution < 1.29 is 54.4 Å². The van der Waals surface area contributed by atoms with E-state index >= 15 is 0 Å². The fourth-order valence-corrected chi connectivity index (χ4v) is 5.08. The van der Waals surface area contributed by atoms with Crippen LogP contribution in [-0.4, -0.2) is 144 Å². The van der Waals surface area contributed by atoms with Crippen LogP contribution in [0.5, 0.6) is 0 Å². The first-order valence-electron chi connectivity index (χ1n) is 12.1. The van der Waals surface area contributed by atoms with Crippen LogP contribution in [0, 0.1) is 0 Å². The van der Waals surface area contributed by atoms with E-state index in [4.69, 9.17) is 19.9 Å². The van der Waals surface area contributed by atoms with Crippen LogP contribution in [0.15, 0.2) is 33.3 Å². The Labute approximate surface area is 225 Å². The number of carboxylic acid groups (broad SMARTS) is 1. The van der Waals surface area contributed by atoms with Crippen molar-refractivity contribution >= 4 is 11.9 Å². The first kappa shape index (κ1) is 29.8. The number of nitrogens with two attached hydrogens (primary N) is 1. The van der Waals surface area contributed by atoms with Crippen molar-refractivity contribution in [3.63, 3.8) is 0 Å². The summed E-state index contributed by atoms with van der Waals surface area (Å²) in [5.74, 6) is -3.23. The van der Waals surface area contributed by atoms with Crippen molar-refractivity contribution in [3.05, 3.63) is 44.6 Å². The van der Waals surface area contributed by atoms with E-state index in [1.165, 1.54) is 11.9 Å². The van der Waals surface area contributed by atoms with E-state index in [2.05, 4.69) is 0 Å². The van der Waals surface area contributed by atoms with Gasteiger partial charge in [-0.1, -0.05) is 0 Å². The molecule has 0 aliphatic carbocycles. The van der Waals surface area contributed by atoms with Gasteiger partial charge in [0.1, 0.15) is 54.5 Å². The minimum atomic E-state index is -1.85. The summed E-state index contributed by atoms with van der Waals surface area (Å²) in [6.07, 6.45) is -13.4. The number of ether oxygens (including phenoxy) is 3. The molecule has 1 amide bonds. The van der Waals surface area contributed by atoms with Crippen LogP contribution in [0.4, 0.5) is 0 Å². The molecule has 9 unspecified atom stereocenters. The summed E-state index contributed by atoms with van der Waals surface area (Å²) in [6.45, 7) is -0.704. The summed E-state index contributed by atoms with van der Waals surface area (Å²) in [5.41, 5.74) is 3.13. The third-order valence-electron chi connectivity index (χ3n) is 7.15. The van der Waals surface area contributed by atoms with Crippen molar-refractivity contribution in [2.45, 2.75) is 61.3 Å². The SMILES string of the molecule is CN1C(=O)C([C@H](OC2OC(CN)C(O)C2O)C2OC(n3ccc(=O)[nH]c3=O)C(O)C2O)N(C)CC(O)=C1C(=O)O. The first-order chi connectivity index (χ1) is 18.8. The van der Waals surface area contributed by atoms with Crippen molar-refractivity contribution in [1.29, 1.82) is 0 Å². The van der Waals surface area contributed by atoms with Gasteiger partial charge in [0.15, 0.2) is 18.2 Å². The van der Waals surface area contributed by atoms with E-state index in [0.717, 1.165) is 23.9 Å². The molecule has 3 aliphatic rings. The molecule has 10 atom stereocenters. The van der Waals surface area contributed by atoms with Crippen LogP contribution in [0.3, 0.4) is 0 Å². The number of aromatic nitrogens is 2.